The molecule has 0 aromatic heterocycles. The van der Waals surface area contributed by atoms with Crippen LogP contribution in [0.25, 0.3) is 0 Å². The zero-order chi connectivity index (χ0) is 13.4. The Balaban J connectivity index is 4.61. The van der Waals surface area contributed by atoms with E-state index in [1.165, 1.54) is 21.3 Å². The second-order valence-electron chi connectivity index (χ2n) is 3.30. The maximum Gasteiger partial charge on any atom is 0.410 e. The summed E-state index contributed by atoms with van der Waals surface area (Å²) in [5, 5.41) is 0. The van der Waals surface area contributed by atoms with Crippen molar-refractivity contribution in [3.05, 3.63) is 0 Å². The van der Waals surface area contributed by atoms with Gasteiger partial charge in [-0.05, 0) is 6.92 Å². The molecule has 7 heteroatoms. The van der Waals surface area contributed by atoms with E-state index in [0.29, 0.717) is 0 Å². The number of amides is 1. The lowest BCUT2D eigenvalue weighted by atomic mass is 10.2. The van der Waals surface area contributed by atoms with Crippen molar-refractivity contribution in [1.29, 1.82) is 0 Å². The topological polar surface area (TPSA) is 82.1 Å². The summed E-state index contributed by atoms with van der Waals surface area (Å²) >= 11 is 0. The summed E-state index contributed by atoms with van der Waals surface area (Å²) in [6, 6.07) is -0.519. The molecule has 0 bridgehead atoms. The molecule has 0 N–H and O–H groups in total. The van der Waals surface area contributed by atoms with Crippen molar-refractivity contribution < 1.29 is 28.6 Å². The maximum atomic E-state index is 11.4. The molecule has 7 nitrogen and oxygen atoms in total. The molecule has 1 unspecified atom stereocenters. The van der Waals surface area contributed by atoms with Crippen LogP contribution in [0.2, 0.25) is 0 Å². The minimum absolute atomic E-state index is 0.0252. The molecule has 0 aliphatic carbocycles. The van der Waals surface area contributed by atoms with E-state index in [4.69, 9.17) is 0 Å². The second kappa shape index (κ2) is 7.48. The summed E-state index contributed by atoms with van der Waals surface area (Å²) in [6.07, 6.45) is -0.727. The number of hydrogen-bond donors (Lipinski definition) is 0. The van der Waals surface area contributed by atoms with E-state index in [9.17, 15) is 14.4 Å². The number of ether oxygens (including phenoxy) is 3. The average Bonchev–Trinajstić information content (AvgIpc) is 2.33. The Kier molecular flexibility index (Phi) is 6.69. The zero-order valence-corrected chi connectivity index (χ0v) is 10.4. The fourth-order valence-corrected chi connectivity index (χ4v) is 1.16. The molecule has 0 radical (unpaired) electrons. The molecule has 0 saturated carbocycles. The Morgan fingerprint density at radius 1 is 1.00 bits per heavy atom. The lowest BCUT2D eigenvalue weighted by Gasteiger charge is -2.25. The minimum Gasteiger partial charge on any atom is -0.469 e. The SMILES string of the molecule is COC(=O)CC(C)N(CC(=O)OC)C(=O)OC. The number of esters is 2. The van der Waals surface area contributed by atoms with Gasteiger partial charge in [-0.15, -0.1) is 0 Å². The highest BCUT2D eigenvalue weighted by Crippen LogP contribution is 2.07. The molecule has 98 valence electrons. The van der Waals surface area contributed by atoms with Crippen LogP contribution in [0.15, 0.2) is 0 Å². The zero-order valence-electron chi connectivity index (χ0n) is 10.4. The van der Waals surface area contributed by atoms with Gasteiger partial charge < -0.3 is 14.2 Å². The number of rotatable bonds is 5. The number of hydrogen-bond acceptors (Lipinski definition) is 6. The van der Waals surface area contributed by atoms with Gasteiger partial charge in [0.2, 0.25) is 0 Å². The Morgan fingerprint density at radius 2 is 1.53 bits per heavy atom. The van der Waals surface area contributed by atoms with Gasteiger partial charge >= 0.3 is 18.0 Å². The molecule has 1 amide bonds. The van der Waals surface area contributed by atoms with Gasteiger partial charge in [-0.1, -0.05) is 0 Å². The van der Waals surface area contributed by atoms with Crippen LogP contribution in [0, 0.1) is 0 Å². The molecule has 0 aliphatic rings. The van der Waals surface area contributed by atoms with Crippen LogP contribution in [0.4, 0.5) is 4.79 Å². The molecular formula is C10H17NO6. The van der Waals surface area contributed by atoms with Crippen LogP contribution in [0.3, 0.4) is 0 Å². The molecule has 0 heterocycles. The fraction of sp³-hybridized carbons (Fsp3) is 0.700. The van der Waals surface area contributed by atoms with Crippen LogP contribution in [-0.4, -0.2) is 56.8 Å². The number of carbonyl (C=O) groups excluding carboxylic acids is 3. The summed E-state index contributed by atoms with van der Waals surface area (Å²) in [6.45, 7) is 1.33. The van der Waals surface area contributed by atoms with Crippen molar-refractivity contribution in [3.8, 4) is 0 Å². The normalized spacial score (nSPS) is 11.3. The van der Waals surface area contributed by atoms with E-state index in [-0.39, 0.29) is 13.0 Å². The lowest BCUT2D eigenvalue weighted by molar-refractivity contribution is -0.145. The summed E-state index contributed by atoms with van der Waals surface area (Å²) < 4.78 is 13.5. The van der Waals surface area contributed by atoms with Crippen molar-refractivity contribution in [2.45, 2.75) is 19.4 Å². The van der Waals surface area contributed by atoms with Crippen molar-refractivity contribution in [1.82, 2.24) is 4.90 Å². The smallest absolute Gasteiger partial charge is 0.410 e. The lowest BCUT2D eigenvalue weighted by Crippen LogP contribution is -2.43. The third-order valence-corrected chi connectivity index (χ3v) is 2.16. The van der Waals surface area contributed by atoms with Crippen molar-refractivity contribution in [2.24, 2.45) is 0 Å². The van der Waals surface area contributed by atoms with Gasteiger partial charge in [-0.25, -0.2) is 4.79 Å². The molecule has 0 fully saturated rings. The Bertz CT molecular complexity index is 291. The highest BCUT2D eigenvalue weighted by atomic mass is 16.5. The Hall–Kier alpha value is -1.79. The first-order valence-electron chi connectivity index (χ1n) is 4.94. The molecule has 0 aromatic rings. The van der Waals surface area contributed by atoms with E-state index >= 15 is 0 Å². The first-order chi connectivity index (χ1) is 7.96. The number of carbonyl (C=O) groups is 3. The predicted molar refractivity (Wildman–Crippen MR) is 57.2 cm³/mol. The molecule has 0 rings (SSSR count). The van der Waals surface area contributed by atoms with Crippen LogP contribution < -0.4 is 0 Å². The molecule has 17 heavy (non-hydrogen) atoms. The van der Waals surface area contributed by atoms with Gasteiger partial charge in [-0.2, -0.15) is 0 Å². The fourth-order valence-electron chi connectivity index (χ4n) is 1.16. The largest absolute Gasteiger partial charge is 0.469 e. The molecular weight excluding hydrogens is 230 g/mol. The third-order valence-electron chi connectivity index (χ3n) is 2.16. The van der Waals surface area contributed by atoms with Gasteiger partial charge in [-0.3, -0.25) is 14.5 Å². The van der Waals surface area contributed by atoms with E-state index in [0.717, 1.165) is 4.90 Å². The van der Waals surface area contributed by atoms with Crippen LogP contribution in [-0.2, 0) is 23.8 Å². The van der Waals surface area contributed by atoms with E-state index in [1.807, 2.05) is 0 Å². The number of nitrogens with zero attached hydrogens (tertiary/aromatic N) is 1. The van der Waals surface area contributed by atoms with Gasteiger partial charge in [0, 0.05) is 6.04 Å². The van der Waals surface area contributed by atoms with Gasteiger partial charge in [0.25, 0.3) is 0 Å². The van der Waals surface area contributed by atoms with Crippen LogP contribution in [0.5, 0.6) is 0 Å². The summed E-state index contributed by atoms with van der Waals surface area (Å²) in [5.74, 6) is -1.07. The standard InChI is InChI=1S/C10H17NO6/c1-7(5-8(12)15-2)11(10(14)17-4)6-9(13)16-3/h7H,5-6H2,1-4H3. The van der Waals surface area contributed by atoms with Crippen LogP contribution >= 0.6 is 0 Å². The Morgan fingerprint density at radius 3 is 1.94 bits per heavy atom. The van der Waals surface area contributed by atoms with Crippen molar-refractivity contribution in [3.63, 3.8) is 0 Å². The summed E-state index contributed by atoms with van der Waals surface area (Å²) in [5.41, 5.74) is 0. The van der Waals surface area contributed by atoms with Gasteiger partial charge in [0.05, 0.1) is 27.8 Å². The highest BCUT2D eigenvalue weighted by Gasteiger charge is 2.25. The maximum absolute atomic E-state index is 11.4. The molecule has 1 atom stereocenters. The van der Waals surface area contributed by atoms with E-state index < -0.39 is 24.1 Å². The van der Waals surface area contributed by atoms with Crippen LogP contribution in [0.1, 0.15) is 13.3 Å². The molecule has 0 aromatic carbocycles. The average molecular weight is 247 g/mol. The molecule has 0 aliphatic heterocycles. The highest BCUT2D eigenvalue weighted by molar-refractivity contribution is 5.79. The van der Waals surface area contributed by atoms with Gasteiger partial charge in [0.15, 0.2) is 0 Å². The first-order valence-corrected chi connectivity index (χ1v) is 4.94. The monoisotopic (exact) mass is 247 g/mol. The summed E-state index contributed by atoms with van der Waals surface area (Å²) in [4.78, 5) is 34.7. The predicted octanol–water partition coefficient (Wildman–Crippen LogP) is 0.179. The summed E-state index contributed by atoms with van der Waals surface area (Å²) in [7, 11) is 3.65. The van der Waals surface area contributed by atoms with Gasteiger partial charge in [0.1, 0.15) is 6.54 Å². The quantitative estimate of drug-likeness (QED) is 0.509. The van der Waals surface area contributed by atoms with E-state index in [2.05, 4.69) is 14.2 Å². The first kappa shape index (κ1) is 15.2. The van der Waals surface area contributed by atoms with E-state index in [1.54, 1.807) is 6.92 Å². The second-order valence-corrected chi connectivity index (χ2v) is 3.30. The molecule has 0 spiro atoms. The molecule has 0 saturated heterocycles. The number of methoxy groups -OCH3 is 3. The van der Waals surface area contributed by atoms with Crippen molar-refractivity contribution >= 4 is 18.0 Å². The van der Waals surface area contributed by atoms with Crippen molar-refractivity contribution in [2.75, 3.05) is 27.9 Å². The third kappa shape index (κ3) is 5.19. The minimum atomic E-state index is -0.702. The Labute approximate surface area is 99.6 Å².